The van der Waals surface area contributed by atoms with Crippen LogP contribution in [0.3, 0.4) is 0 Å². The number of hydrogen-bond acceptors (Lipinski definition) is 5. The van der Waals surface area contributed by atoms with E-state index >= 15 is 0 Å². The number of carboxylic acids is 1. The summed E-state index contributed by atoms with van der Waals surface area (Å²) >= 11 is 0. The number of methoxy groups -OCH3 is 1. The van der Waals surface area contributed by atoms with Gasteiger partial charge >= 0.3 is 5.97 Å². The van der Waals surface area contributed by atoms with Gasteiger partial charge < -0.3 is 15.2 Å². The molecule has 0 fully saturated rings. The van der Waals surface area contributed by atoms with E-state index in [0.29, 0.717) is 5.82 Å². The first kappa shape index (κ1) is 15.5. The van der Waals surface area contributed by atoms with E-state index in [-0.39, 0.29) is 5.56 Å². The molecule has 0 bridgehead atoms. The number of nitrogens with zero attached hydrogens (tertiary/aromatic N) is 2. The standard InChI is InChI=1S/C18H15N3O3/c1-24-15-4-2-3-13(11-15)16-9-10-17(21-20-16)19-14-7-5-12(6-8-14)18(22)23/h2-11H,1H3,(H,19,21)(H,22,23). The van der Waals surface area contributed by atoms with E-state index in [0.717, 1.165) is 22.7 Å². The maximum atomic E-state index is 10.8. The van der Waals surface area contributed by atoms with Crippen LogP contribution >= 0.6 is 0 Å². The van der Waals surface area contributed by atoms with E-state index in [9.17, 15) is 4.79 Å². The third-order valence-corrected chi connectivity index (χ3v) is 3.43. The summed E-state index contributed by atoms with van der Waals surface area (Å²) in [7, 11) is 1.62. The van der Waals surface area contributed by atoms with Crippen molar-refractivity contribution in [1.29, 1.82) is 0 Å². The molecule has 0 atom stereocenters. The van der Waals surface area contributed by atoms with Gasteiger partial charge in [-0.2, -0.15) is 0 Å². The minimum absolute atomic E-state index is 0.236. The van der Waals surface area contributed by atoms with Gasteiger partial charge in [0.15, 0.2) is 5.82 Å². The van der Waals surface area contributed by atoms with Crippen LogP contribution in [0.2, 0.25) is 0 Å². The van der Waals surface area contributed by atoms with Crippen molar-refractivity contribution < 1.29 is 14.6 Å². The summed E-state index contributed by atoms with van der Waals surface area (Å²) in [6.07, 6.45) is 0. The van der Waals surface area contributed by atoms with Crippen LogP contribution in [-0.2, 0) is 0 Å². The molecule has 0 unspecified atom stereocenters. The molecule has 6 nitrogen and oxygen atoms in total. The number of ether oxygens (including phenoxy) is 1. The van der Waals surface area contributed by atoms with Crippen molar-refractivity contribution in [3.63, 3.8) is 0 Å². The van der Waals surface area contributed by atoms with Gasteiger partial charge in [0, 0.05) is 11.3 Å². The van der Waals surface area contributed by atoms with Gasteiger partial charge in [0.1, 0.15) is 5.75 Å². The molecule has 0 amide bonds. The molecule has 1 aromatic heterocycles. The quantitative estimate of drug-likeness (QED) is 0.747. The van der Waals surface area contributed by atoms with E-state index in [2.05, 4.69) is 15.5 Å². The average molecular weight is 321 g/mol. The fourth-order valence-electron chi connectivity index (χ4n) is 2.18. The summed E-state index contributed by atoms with van der Waals surface area (Å²) in [5, 5.41) is 20.3. The number of aromatic carboxylic acids is 1. The van der Waals surface area contributed by atoms with Crippen molar-refractivity contribution >= 4 is 17.5 Å². The maximum Gasteiger partial charge on any atom is 0.335 e. The summed E-state index contributed by atoms with van der Waals surface area (Å²) in [4.78, 5) is 10.8. The van der Waals surface area contributed by atoms with Gasteiger partial charge in [-0.3, -0.25) is 0 Å². The first-order valence-corrected chi connectivity index (χ1v) is 7.24. The van der Waals surface area contributed by atoms with Gasteiger partial charge in [-0.15, -0.1) is 10.2 Å². The van der Waals surface area contributed by atoms with E-state index in [1.54, 1.807) is 19.2 Å². The molecule has 1 heterocycles. The van der Waals surface area contributed by atoms with Crippen molar-refractivity contribution in [3.8, 4) is 17.0 Å². The van der Waals surface area contributed by atoms with Crippen LogP contribution in [0, 0.1) is 0 Å². The van der Waals surface area contributed by atoms with Crippen molar-refractivity contribution in [2.45, 2.75) is 0 Å². The summed E-state index contributed by atoms with van der Waals surface area (Å²) in [6.45, 7) is 0. The Morgan fingerprint density at radius 2 is 1.83 bits per heavy atom. The van der Waals surface area contributed by atoms with Crippen LogP contribution < -0.4 is 10.1 Å². The Kier molecular flexibility index (Phi) is 4.38. The van der Waals surface area contributed by atoms with Gasteiger partial charge in [-0.05, 0) is 48.5 Å². The van der Waals surface area contributed by atoms with Gasteiger partial charge in [0.2, 0.25) is 0 Å². The lowest BCUT2D eigenvalue weighted by Crippen LogP contribution is -1.98. The molecule has 0 saturated heterocycles. The number of carbonyl (C=O) groups is 1. The van der Waals surface area contributed by atoms with Crippen LogP contribution in [0.5, 0.6) is 5.75 Å². The molecule has 0 radical (unpaired) electrons. The summed E-state index contributed by atoms with van der Waals surface area (Å²) in [5.41, 5.74) is 2.63. The number of aromatic nitrogens is 2. The summed E-state index contributed by atoms with van der Waals surface area (Å²) < 4.78 is 5.20. The zero-order chi connectivity index (χ0) is 16.9. The Morgan fingerprint density at radius 1 is 1.04 bits per heavy atom. The van der Waals surface area contributed by atoms with Gasteiger partial charge in [-0.25, -0.2) is 4.79 Å². The second-order valence-electron chi connectivity index (χ2n) is 5.04. The second-order valence-corrected chi connectivity index (χ2v) is 5.04. The molecule has 2 aromatic carbocycles. The molecule has 3 rings (SSSR count). The SMILES string of the molecule is COc1cccc(-c2ccc(Nc3ccc(C(=O)O)cc3)nn2)c1. The number of rotatable bonds is 5. The van der Waals surface area contributed by atoms with Gasteiger partial charge in [0.05, 0.1) is 18.4 Å². The van der Waals surface area contributed by atoms with Crippen molar-refractivity contribution in [3.05, 3.63) is 66.2 Å². The zero-order valence-corrected chi connectivity index (χ0v) is 12.9. The minimum atomic E-state index is -0.955. The number of anilines is 2. The predicted octanol–water partition coefficient (Wildman–Crippen LogP) is 3.59. The van der Waals surface area contributed by atoms with E-state index in [1.807, 2.05) is 36.4 Å². The molecule has 6 heteroatoms. The Morgan fingerprint density at radius 3 is 2.46 bits per heavy atom. The third kappa shape index (κ3) is 3.49. The average Bonchev–Trinajstić information content (AvgIpc) is 2.63. The largest absolute Gasteiger partial charge is 0.497 e. The molecule has 0 saturated carbocycles. The van der Waals surface area contributed by atoms with Crippen LogP contribution in [0.4, 0.5) is 11.5 Å². The molecule has 3 aromatic rings. The predicted molar refractivity (Wildman–Crippen MR) is 90.7 cm³/mol. The Bertz CT molecular complexity index is 846. The fraction of sp³-hybridized carbons (Fsp3) is 0.0556. The van der Waals surface area contributed by atoms with Crippen LogP contribution in [0.25, 0.3) is 11.3 Å². The lowest BCUT2D eigenvalue weighted by atomic mass is 10.1. The third-order valence-electron chi connectivity index (χ3n) is 3.43. The van der Waals surface area contributed by atoms with Crippen LogP contribution in [-0.4, -0.2) is 28.4 Å². The number of nitrogens with one attached hydrogen (secondary N) is 1. The molecule has 24 heavy (non-hydrogen) atoms. The number of carboxylic acid groups (broad SMARTS) is 1. The Balaban J connectivity index is 1.75. The molecule has 0 aliphatic heterocycles. The Hall–Kier alpha value is -3.41. The molecule has 0 spiro atoms. The second kappa shape index (κ2) is 6.78. The van der Waals surface area contributed by atoms with Crippen molar-refractivity contribution in [2.24, 2.45) is 0 Å². The fourth-order valence-corrected chi connectivity index (χ4v) is 2.18. The van der Waals surface area contributed by atoms with Crippen LogP contribution in [0.15, 0.2) is 60.7 Å². The molecule has 2 N–H and O–H groups in total. The van der Waals surface area contributed by atoms with E-state index in [1.165, 1.54) is 12.1 Å². The van der Waals surface area contributed by atoms with Crippen molar-refractivity contribution in [1.82, 2.24) is 10.2 Å². The molecule has 0 aliphatic rings. The molecule has 0 aliphatic carbocycles. The highest BCUT2D eigenvalue weighted by molar-refractivity contribution is 5.88. The van der Waals surface area contributed by atoms with Crippen LogP contribution in [0.1, 0.15) is 10.4 Å². The lowest BCUT2D eigenvalue weighted by Gasteiger charge is -2.07. The van der Waals surface area contributed by atoms with E-state index < -0.39 is 5.97 Å². The summed E-state index contributed by atoms with van der Waals surface area (Å²) in [5.74, 6) is 0.378. The summed E-state index contributed by atoms with van der Waals surface area (Å²) in [6, 6.07) is 17.7. The highest BCUT2D eigenvalue weighted by atomic mass is 16.5. The molecular formula is C18H15N3O3. The first-order valence-electron chi connectivity index (χ1n) is 7.24. The lowest BCUT2D eigenvalue weighted by molar-refractivity contribution is 0.0697. The zero-order valence-electron chi connectivity index (χ0n) is 12.9. The Labute approximate surface area is 138 Å². The molecular weight excluding hydrogens is 306 g/mol. The monoisotopic (exact) mass is 321 g/mol. The number of benzene rings is 2. The minimum Gasteiger partial charge on any atom is -0.497 e. The smallest absolute Gasteiger partial charge is 0.335 e. The normalized spacial score (nSPS) is 10.2. The van der Waals surface area contributed by atoms with E-state index in [4.69, 9.17) is 9.84 Å². The van der Waals surface area contributed by atoms with Gasteiger partial charge in [0.25, 0.3) is 0 Å². The van der Waals surface area contributed by atoms with Crippen molar-refractivity contribution in [2.75, 3.05) is 12.4 Å². The highest BCUT2D eigenvalue weighted by Crippen LogP contribution is 2.23. The highest BCUT2D eigenvalue weighted by Gasteiger charge is 2.05. The number of hydrogen-bond donors (Lipinski definition) is 2. The first-order chi connectivity index (χ1) is 11.7. The molecule has 120 valence electrons. The topological polar surface area (TPSA) is 84.3 Å². The van der Waals surface area contributed by atoms with Gasteiger partial charge in [-0.1, -0.05) is 12.1 Å². The maximum absolute atomic E-state index is 10.8.